The predicted molar refractivity (Wildman–Crippen MR) is 76.2 cm³/mol. The number of rotatable bonds is 3. The van der Waals surface area contributed by atoms with Crippen molar-refractivity contribution in [2.24, 2.45) is 11.7 Å². The number of nitrogens with zero attached hydrogens (tertiary/aromatic N) is 1. The zero-order valence-corrected chi connectivity index (χ0v) is 12.4. The molecule has 1 saturated heterocycles. The lowest BCUT2D eigenvalue weighted by atomic mass is 9.97. The highest BCUT2D eigenvalue weighted by Crippen LogP contribution is 2.38. The number of benzene rings is 1. The number of primary amides is 1. The first-order chi connectivity index (χ1) is 10.3. The van der Waals surface area contributed by atoms with Crippen molar-refractivity contribution in [2.75, 3.05) is 13.1 Å². The van der Waals surface area contributed by atoms with E-state index in [4.69, 9.17) is 5.73 Å². The Balaban J connectivity index is 2.20. The first-order valence-electron chi connectivity index (χ1n) is 6.71. The Bertz CT molecular complexity index is 577. The molecule has 1 fully saturated rings. The van der Waals surface area contributed by atoms with Gasteiger partial charge >= 0.3 is 5.51 Å². The number of carbonyl (C=O) groups excluding carboxylic acids is 2. The molecule has 1 heterocycles. The van der Waals surface area contributed by atoms with Gasteiger partial charge in [0.25, 0.3) is 5.91 Å². The summed E-state index contributed by atoms with van der Waals surface area (Å²) < 4.78 is 37.7. The number of carbonyl (C=O) groups is 2. The van der Waals surface area contributed by atoms with Crippen molar-refractivity contribution in [3.63, 3.8) is 0 Å². The van der Waals surface area contributed by atoms with Gasteiger partial charge in [0.2, 0.25) is 5.91 Å². The molecule has 2 N–H and O–H groups in total. The van der Waals surface area contributed by atoms with Gasteiger partial charge in [0.05, 0.1) is 11.5 Å². The van der Waals surface area contributed by atoms with Crippen molar-refractivity contribution < 1.29 is 22.8 Å². The predicted octanol–water partition coefficient (Wildman–Crippen LogP) is 2.64. The molecule has 0 radical (unpaired) electrons. The molecule has 2 rings (SSSR count). The number of hydrogen-bond acceptors (Lipinski definition) is 3. The van der Waals surface area contributed by atoms with E-state index < -0.39 is 23.2 Å². The van der Waals surface area contributed by atoms with Crippen LogP contribution in [0, 0.1) is 5.92 Å². The Morgan fingerprint density at radius 3 is 2.59 bits per heavy atom. The van der Waals surface area contributed by atoms with Gasteiger partial charge < -0.3 is 10.6 Å². The molecule has 1 aliphatic rings. The first kappa shape index (κ1) is 16.7. The average molecular weight is 332 g/mol. The lowest BCUT2D eigenvalue weighted by molar-refractivity contribution is -0.123. The summed E-state index contributed by atoms with van der Waals surface area (Å²) in [5, 5.41) is 0. The number of thioether (sulfide) groups is 1. The van der Waals surface area contributed by atoms with Crippen LogP contribution in [0.5, 0.6) is 0 Å². The molecule has 1 aromatic carbocycles. The molecule has 1 atom stereocenters. The topological polar surface area (TPSA) is 63.4 Å². The number of alkyl halides is 3. The minimum atomic E-state index is -4.46. The van der Waals surface area contributed by atoms with Gasteiger partial charge in [-0.3, -0.25) is 9.59 Å². The summed E-state index contributed by atoms with van der Waals surface area (Å²) in [5.74, 6) is -1.44. The maximum absolute atomic E-state index is 12.6. The average Bonchev–Trinajstić information content (AvgIpc) is 2.45. The van der Waals surface area contributed by atoms with Gasteiger partial charge in [0.1, 0.15) is 0 Å². The minimum absolute atomic E-state index is 0.00468. The molecule has 120 valence electrons. The maximum atomic E-state index is 12.6. The molecule has 2 amide bonds. The second-order valence-electron chi connectivity index (χ2n) is 5.04. The van der Waals surface area contributed by atoms with Gasteiger partial charge in [-0.1, -0.05) is 12.1 Å². The molecule has 4 nitrogen and oxygen atoms in total. The Labute approximate surface area is 129 Å². The van der Waals surface area contributed by atoms with E-state index in [1.807, 2.05) is 0 Å². The van der Waals surface area contributed by atoms with Gasteiger partial charge in [-0.25, -0.2) is 0 Å². The van der Waals surface area contributed by atoms with Gasteiger partial charge in [0, 0.05) is 18.0 Å². The Hall–Kier alpha value is -1.70. The van der Waals surface area contributed by atoms with E-state index in [1.54, 1.807) is 0 Å². The summed E-state index contributed by atoms with van der Waals surface area (Å²) in [5.41, 5.74) is 0.783. The molecular weight excluding hydrogens is 317 g/mol. The largest absolute Gasteiger partial charge is 0.446 e. The monoisotopic (exact) mass is 332 g/mol. The van der Waals surface area contributed by atoms with Crippen molar-refractivity contribution in [1.82, 2.24) is 4.90 Å². The van der Waals surface area contributed by atoms with E-state index in [1.165, 1.54) is 29.2 Å². The normalized spacial score (nSPS) is 19.0. The van der Waals surface area contributed by atoms with E-state index in [9.17, 15) is 22.8 Å². The number of piperidine rings is 1. The molecule has 0 aromatic heterocycles. The fourth-order valence-corrected chi connectivity index (χ4v) is 3.08. The van der Waals surface area contributed by atoms with Crippen molar-refractivity contribution in [3.8, 4) is 0 Å². The van der Waals surface area contributed by atoms with Crippen molar-refractivity contribution in [3.05, 3.63) is 29.8 Å². The SMILES string of the molecule is NC(=O)C1CCCN(C(=O)c2ccccc2SC(F)(F)F)C1. The Kier molecular flexibility index (Phi) is 5.00. The van der Waals surface area contributed by atoms with Crippen LogP contribution in [-0.2, 0) is 4.79 Å². The molecule has 1 aromatic rings. The number of nitrogens with two attached hydrogens (primary N) is 1. The lowest BCUT2D eigenvalue weighted by Crippen LogP contribution is -2.44. The smallest absolute Gasteiger partial charge is 0.369 e. The van der Waals surface area contributed by atoms with Crippen LogP contribution in [0.4, 0.5) is 13.2 Å². The third kappa shape index (κ3) is 4.16. The number of amides is 2. The quantitative estimate of drug-likeness (QED) is 0.866. The molecule has 1 unspecified atom stereocenters. The molecule has 1 aliphatic heterocycles. The van der Waals surface area contributed by atoms with Crippen molar-refractivity contribution >= 4 is 23.6 Å². The zero-order chi connectivity index (χ0) is 16.3. The van der Waals surface area contributed by atoms with E-state index in [0.29, 0.717) is 19.4 Å². The highest BCUT2D eigenvalue weighted by Gasteiger charge is 2.33. The number of halogens is 3. The Morgan fingerprint density at radius 2 is 1.95 bits per heavy atom. The number of hydrogen-bond donors (Lipinski definition) is 1. The first-order valence-corrected chi connectivity index (χ1v) is 7.53. The van der Waals surface area contributed by atoms with Crippen LogP contribution >= 0.6 is 11.8 Å². The maximum Gasteiger partial charge on any atom is 0.446 e. The van der Waals surface area contributed by atoms with Gasteiger partial charge in [-0.15, -0.1) is 0 Å². The molecule has 0 spiro atoms. The van der Waals surface area contributed by atoms with Crippen LogP contribution < -0.4 is 5.73 Å². The summed E-state index contributed by atoms with van der Waals surface area (Å²) in [6.45, 7) is 0.562. The van der Waals surface area contributed by atoms with Crippen LogP contribution in [0.3, 0.4) is 0 Å². The lowest BCUT2D eigenvalue weighted by Gasteiger charge is -2.31. The van der Waals surface area contributed by atoms with Gasteiger partial charge in [-0.2, -0.15) is 13.2 Å². The van der Waals surface area contributed by atoms with Crippen LogP contribution in [0.2, 0.25) is 0 Å². The summed E-state index contributed by atoms with van der Waals surface area (Å²) in [6.07, 6.45) is 1.20. The van der Waals surface area contributed by atoms with E-state index in [0.717, 1.165) is 0 Å². The third-order valence-corrected chi connectivity index (χ3v) is 4.26. The summed E-state index contributed by atoms with van der Waals surface area (Å²) in [7, 11) is 0. The number of likely N-dealkylation sites (tertiary alicyclic amines) is 1. The molecular formula is C14H15F3N2O2S. The Morgan fingerprint density at radius 1 is 1.27 bits per heavy atom. The fourth-order valence-electron chi connectivity index (χ4n) is 2.42. The standard InChI is InChI=1S/C14H15F3N2O2S/c15-14(16,17)22-11-6-2-1-5-10(11)13(21)19-7-3-4-9(8-19)12(18)20/h1-2,5-6,9H,3-4,7-8H2,(H2,18,20). The molecule has 22 heavy (non-hydrogen) atoms. The van der Waals surface area contributed by atoms with Crippen molar-refractivity contribution in [1.29, 1.82) is 0 Å². The second-order valence-corrected chi connectivity index (χ2v) is 6.14. The summed E-state index contributed by atoms with van der Waals surface area (Å²) in [4.78, 5) is 25.0. The van der Waals surface area contributed by atoms with Crippen LogP contribution in [0.25, 0.3) is 0 Å². The van der Waals surface area contributed by atoms with E-state index >= 15 is 0 Å². The van der Waals surface area contributed by atoms with Gasteiger partial charge in [0.15, 0.2) is 0 Å². The van der Waals surface area contributed by atoms with E-state index in [-0.39, 0.29) is 28.8 Å². The van der Waals surface area contributed by atoms with Crippen molar-refractivity contribution in [2.45, 2.75) is 23.2 Å². The van der Waals surface area contributed by atoms with Crippen LogP contribution in [0.1, 0.15) is 23.2 Å². The van der Waals surface area contributed by atoms with Crippen LogP contribution in [-0.4, -0.2) is 35.3 Å². The second kappa shape index (κ2) is 6.60. The molecule has 0 aliphatic carbocycles. The summed E-state index contributed by atoms with van der Waals surface area (Å²) >= 11 is -0.312. The zero-order valence-electron chi connectivity index (χ0n) is 11.6. The van der Waals surface area contributed by atoms with Crippen LogP contribution in [0.15, 0.2) is 29.2 Å². The summed E-state index contributed by atoms with van der Waals surface area (Å²) in [6, 6.07) is 5.60. The van der Waals surface area contributed by atoms with E-state index in [2.05, 4.69) is 0 Å². The highest BCUT2D eigenvalue weighted by molar-refractivity contribution is 8.00. The fraction of sp³-hybridized carbons (Fsp3) is 0.429. The molecule has 0 bridgehead atoms. The highest BCUT2D eigenvalue weighted by atomic mass is 32.2. The third-order valence-electron chi connectivity index (χ3n) is 3.45. The minimum Gasteiger partial charge on any atom is -0.369 e. The molecule has 0 saturated carbocycles. The van der Waals surface area contributed by atoms with Gasteiger partial charge in [-0.05, 0) is 36.7 Å². The molecule has 8 heteroatoms.